The van der Waals surface area contributed by atoms with Crippen LogP contribution in [-0.2, 0) is 13.1 Å². The molecule has 2 aromatic carbocycles. The topological polar surface area (TPSA) is 88.8 Å². The molecule has 2 aromatic rings. The van der Waals surface area contributed by atoms with Gasteiger partial charge in [-0.15, -0.1) is 37.1 Å². The first-order valence-corrected chi connectivity index (χ1v) is 8.38. The van der Waals surface area contributed by atoms with E-state index < -0.39 is 11.3 Å². The van der Waals surface area contributed by atoms with Gasteiger partial charge in [-0.1, -0.05) is 36.4 Å². The van der Waals surface area contributed by atoms with Crippen LogP contribution in [-0.4, -0.2) is 23.8 Å². The fourth-order valence-corrected chi connectivity index (χ4v) is 2.38. The van der Waals surface area contributed by atoms with Crippen LogP contribution >= 0.6 is 24.0 Å². The molecule has 2 rings (SSSR count). The number of halogens is 4. The zero-order chi connectivity index (χ0) is 20.6. The molecule has 0 atom stereocenters. The van der Waals surface area contributed by atoms with Gasteiger partial charge in [0.05, 0.1) is 11.5 Å². The van der Waals surface area contributed by atoms with Crippen molar-refractivity contribution in [1.82, 2.24) is 10.6 Å². The monoisotopic (exact) mass is 524 g/mol. The predicted octanol–water partition coefficient (Wildman–Crippen LogP) is 4.37. The molecule has 0 saturated carbocycles. The Morgan fingerprint density at radius 1 is 1.10 bits per heavy atom. The number of rotatable bonds is 7. The van der Waals surface area contributed by atoms with Gasteiger partial charge in [0, 0.05) is 30.3 Å². The lowest BCUT2D eigenvalue weighted by atomic mass is 10.2. The number of ether oxygens (including phenoxy) is 1. The Labute approximate surface area is 182 Å². The number of benzene rings is 2. The van der Waals surface area contributed by atoms with Crippen LogP contribution in [0.1, 0.15) is 18.1 Å². The zero-order valence-corrected chi connectivity index (χ0v) is 17.7. The summed E-state index contributed by atoms with van der Waals surface area (Å²) in [5.74, 6) is -0.0178. The summed E-state index contributed by atoms with van der Waals surface area (Å²) < 4.78 is 41.6. The van der Waals surface area contributed by atoms with Crippen molar-refractivity contribution in [2.75, 3.05) is 6.54 Å². The molecular weight excluding hydrogens is 504 g/mol. The average Bonchev–Trinajstić information content (AvgIpc) is 2.64. The smallest absolute Gasteiger partial charge is 0.405 e. The van der Waals surface area contributed by atoms with Crippen molar-refractivity contribution >= 4 is 35.6 Å². The van der Waals surface area contributed by atoms with Gasteiger partial charge in [-0.3, -0.25) is 10.1 Å². The molecule has 2 N–H and O–H groups in total. The summed E-state index contributed by atoms with van der Waals surface area (Å²) in [6.45, 7) is 2.38. The maximum atomic E-state index is 12.5. The van der Waals surface area contributed by atoms with Crippen molar-refractivity contribution in [2.45, 2.75) is 26.4 Å². The molecule has 29 heavy (non-hydrogen) atoms. The third-order valence-corrected chi connectivity index (χ3v) is 3.58. The van der Waals surface area contributed by atoms with E-state index in [1.165, 1.54) is 24.3 Å². The maximum absolute atomic E-state index is 12.5. The highest BCUT2D eigenvalue weighted by atomic mass is 127. The van der Waals surface area contributed by atoms with Crippen LogP contribution in [0.15, 0.2) is 53.5 Å². The van der Waals surface area contributed by atoms with Gasteiger partial charge in [0.25, 0.3) is 5.69 Å². The number of hydrogen-bond donors (Lipinski definition) is 2. The van der Waals surface area contributed by atoms with Gasteiger partial charge in [-0.25, -0.2) is 4.99 Å². The first kappa shape index (κ1) is 24.5. The minimum atomic E-state index is -4.80. The van der Waals surface area contributed by atoms with Gasteiger partial charge in [0.2, 0.25) is 0 Å². The number of alkyl halides is 3. The first-order chi connectivity index (χ1) is 13.3. The number of nitrogens with zero attached hydrogens (tertiary/aromatic N) is 2. The van der Waals surface area contributed by atoms with E-state index in [1.807, 2.05) is 6.92 Å². The third-order valence-electron chi connectivity index (χ3n) is 3.58. The lowest BCUT2D eigenvalue weighted by Gasteiger charge is -2.14. The molecule has 0 spiro atoms. The summed E-state index contributed by atoms with van der Waals surface area (Å²) in [4.78, 5) is 14.8. The van der Waals surface area contributed by atoms with E-state index in [1.54, 1.807) is 24.3 Å². The van der Waals surface area contributed by atoms with E-state index in [-0.39, 0.29) is 54.1 Å². The Morgan fingerprint density at radius 2 is 1.72 bits per heavy atom. The minimum Gasteiger partial charge on any atom is -0.405 e. The zero-order valence-electron chi connectivity index (χ0n) is 15.4. The molecule has 0 fully saturated rings. The number of guanidine groups is 1. The molecule has 0 heterocycles. The molecule has 0 aliphatic heterocycles. The highest BCUT2D eigenvalue weighted by molar-refractivity contribution is 14.0. The van der Waals surface area contributed by atoms with Crippen LogP contribution < -0.4 is 15.4 Å². The van der Waals surface area contributed by atoms with E-state index in [2.05, 4.69) is 20.4 Å². The van der Waals surface area contributed by atoms with Crippen molar-refractivity contribution in [3.8, 4) is 5.75 Å². The molecule has 0 aliphatic rings. The van der Waals surface area contributed by atoms with Gasteiger partial charge in [0.15, 0.2) is 5.96 Å². The second kappa shape index (κ2) is 11.4. The van der Waals surface area contributed by atoms with E-state index in [9.17, 15) is 23.3 Å². The number of para-hydroxylation sites is 2. The molecule has 7 nitrogen and oxygen atoms in total. The summed E-state index contributed by atoms with van der Waals surface area (Å²) >= 11 is 0. The second-order valence-electron chi connectivity index (χ2n) is 5.59. The van der Waals surface area contributed by atoms with Crippen molar-refractivity contribution in [2.24, 2.45) is 4.99 Å². The van der Waals surface area contributed by atoms with Crippen molar-refractivity contribution in [3.63, 3.8) is 0 Å². The Hall–Kier alpha value is -2.57. The fourth-order valence-electron chi connectivity index (χ4n) is 2.38. The summed E-state index contributed by atoms with van der Waals surface area (Å²) in [5, 5.41) is 17.0. The lowest BCUT2D eigenvalue weighted by molar-refractivity contribution is -0.385. The maximum Gasteiger partial charge on any atom is 0.573 e. The molecule has 0 bridgehead atoms. The van der Waals surface area contributed by atoms with E-state index in [4.69, 9.17) is 0 Å². The SMILES string of the molecule is CCNC(=NCc1ccccc1OC(F)(F)F)NCc1ccccc1[N+](=O)[O-].I. The highest BCUT2D eigenvalue weighted by Crippen LogP contribution is 2.26. The molecule has 0 unspecified atom stereocenters. The number of aliphatic imine (C=N–C) groups is 1. The number of nitrogens with one attached hydrogen (secondary N) is 2. The summed E-state index contributed by atoms with van der Waals surface area (Å²) in [7, 11) is 0. The molecule has 158 valence electrons. The fraction of sp³-hybridized carbons (Fsp3) is 0.278. The van der Waals surface area contributed by atoms with Crippen LogP contribution in [0.2, 0.25) is 0 Å². The average molecular weight is 524 g/mol. The van der Waals surface area contributed by atoms with Gasteiger partial charge in [-0.05, 0) is 13.0 Å². The molecule has 0 amide bonds. The molecule has 0 radical (unpaired) electrons. The van der Waals surface area contributed by atoms with E-state index in [0.29, 0.717) is 18.1 Å². The second-order valence-corrected chi connectivity index (χ2v) is 5.59. The number of nitro benzene ring substituents is 1. The van der Waals surface area contributed by atoms with Crippen LogP contribution in [0.5, 0.6) is 5.75 Å². The number of nitro groups is 1. The van der Waals surface area contributed by atoms with Crippen molar-refractivity contribution in [1.29, 1.82) is 0 Å². The summed E-state index contributed by atoms with van der Waals surface area (Å²) in [6, 6.07) is 12.0. The van der Waals surface area contributed by atoms with Gasteiger partial charge in [0.1, 0.15) is 5.75 Å². The quantitative estimate of drug-likeness (QED) is 0.185. The molecule has 0 saturated heterocycles. The standard InChI is InChI=1S/C18H19F3N4O3.HI/c1-2-22-17(23-11-13-7-3-5-9-15(13)25(26)27)24-12-14-8-4-6-10-16(14)28-18(19,20)21;/h3-10H,2,11-12H2,1H3,(H2,22,23,24);1H. The molecule has 11 heteroatoms. The lowest BCUT2D eigenvalue weighted by Crippen LogP contribution is -2.36. The highest BCUT2D eigenvalue weighted by Gasteiger charge is 2.31. The Bertz CT molecular complexity index is 847. The first-order valence-electron chi connectivity index (χ1n) is 8.38. The molecule has 0 aliphatic carbocycles. The van der Waals surface area contributed by atoms with Crippen LogP contribution in [0, 0.1) is 10.1 Å². The van der Waals surface area contributed by atoms with Crippen LogP contribution in [0.3, 0.4) is 0 Å². The van der Waals surface area contributed by atoms with E-state index >= 15 is 0 Å². The number of hydrogen-bond acceptors (Lipinski definition) is 4. The van der Waals surface area contributed by atoms with Crippen molar-refractivity contribution < 1.29 is 22.8 Å². The summed E-state index contributed by atoms with van der Waals surface area (Å²) in [6.07, 6.45) is -4.80. The Morgan fingerprint density at radius 3 is 2.34 bits per heavy atom. The van der Waals surface area contributed by atoms with Gasteiger partial charge < -0.3 is 15.4 Å². The van der Waals surface area contributed by atoms with Gasteiger partial charge in [-0.2, -0.15) is 0 Å². The van der Waals surface area contributed by atoms with Crippen LogP contribution in [0.25, 0.3) is 0 Å². The largest absolute Gasteiger partial charge is 0.573 e. The van der Waals surface area contributed by atoms with E-state index in [0.717, 1.165) is 0 Å². The van der Waals surface area contributed by atoms with Gasteiger partial charge >= 0.3 is 6.36 Å². The van der Waals surface area contributed by atoms with Crippen molar-refractivity contribution in [3.05, 3.63) is 69.8 Å². The molecule has 0 aromatic heterocycles. The Balaban J connectivity index is 0.00000420. The predicted molar refractivity (Wildman–Crippen MR) is 113 cm³/mol. The third kappa shape index (κ3) is 8.13. The Kier molecular flexibility index (Phi) is 9.65. The summed E-state index contributed by atoms with van der Waals surface area (Å²) in [5.41, 5.74) is 0.677. The minimum absolute atomic E-state index is 0. The normalized spacial score (nSPS) is 11.4. The van der Waals surface area contributed by atoms with Crippen LogP contribution in [0.4, 0.5) is 18.9 Å². The molecular formula is C18H20F3IN4O3.